The van der Waals surface area contributed by atoms with Gasteiger partial charge in [-0.2, -0.15) is 13.2 Å². The Labute approximate surface area is 109 Å². The van der Waals surface area contributed by atoms with Crippen LogP contribution in [0.15, 0.2) is 24.3 Å². The van der Waals surface area contributed by atoms with Gasteiger partial charge in [0.05, 0.1) is 5.56 Å². The van der Waals surface area contributed by atoms with Gasteiger partial charge in [-0.15, -0.1) is 9.24 Å². The van der Waals surface area contributed by atoms with Crippen LogP contribution in [0.1, 0.15) is 38.2 Å². The Bertz CT molecular complexity index is 305. The zero-order chi connectivity index (χ0) is 14.0. The van der Waals surface area contributed by atoms with E-state index in [-0.39, 0.29) is 5.75 Å². The summed E-state index contributed by atoms with van der Waals surface area (Å²) in [6.07, 6.45) is 2.52. The first-order valence-corrected chi connectivity index (χ1v) is 6.79. The van der Waals surface area contributed by atoms with Crippen LogP contribution in [0, 0.1) is 0 Å². The predicted octanol–water partition coefficient (Wildman–Crippen LogP) is 4.85. The second-order valence-corrected chi connectivity index (χ2v) is 4.47. The van der Waals surface area contributed by atoms with Gasteiger partial charge in [0.2, 0.25) is 0 Å². The number of unbranched alkanes of at least 4 members (excludes halogenated alkanes) is 3. The maximum atomic E-state index is 11.8. The van der Waals surface area contributed by atoms with Gasteiger partial charge in [-0.1, -0.05) is 26.2 Å². The molecule has 0 aliphatic heterocycles. The van der Waals surface area contributed by atoms with E-state index in [1.54, 1.807) is 0 Å². The van der Waals surface area contributed by atoms with Gasteiger partial charge < -0.3 is 5.11 Å². The fraction of sp³-hybridized carbons (Fsp3) is 0.538. The first kappa shape index (κ1) is 17.2. The maximum Gasteiger partial charge on any atom is 0.416 e. The lowest BCUT2D eigenvalue weighted by Gasteiger charge is -2.04. The SMILES string of the molecule is CCCCCCP.Oc1ccc(C(F)(F)F)cc1. The van der Waals surface area contributed by atoms with Crippen molar-refractivity contribution in [2.75, 3.05) is 6.16 Å². The number of phenols is 1. The molecule has 0 bridgehead atoms. The molecule has 0 aliphatic rings. The van der Waals surface area contributed by atoms with Gasteiger partial charge in [0.25, 0.3) is 0 Å². The number of alkyl halides is 3. The quantitative estimate of drug-likeness (QED) is 0.617. The van der Waals surface area contributed by atoms with E-state index in [1.165, 1.54) is 31.8 Å². The topological polar surface area (TPSA) is 20.2 Å². The highest BCUT2D eigenvalue weighted by molar-refractivity contribution is 7.16. The fourth-order valence-corrected chi connectivity index (χ4v) is 1.51. The molecule has 18 heavy (non-hydrogen) atoms. The van der Waals surface area contributed by atoms with Crippen molar-refractivity contribution >= 4 is 9.24 Å². The van der Waals surface area contributed by atoms with E-state index in [1.807, 2.05) is 0 Å². The van der Waals surface area contributed by atoms with E-state index in [2.05, 4.69) is 16.2 Å². The molecule has 1 atom stereocenters. The maximum absolute atomic E-state index is 11.8. The van der Waals surface area contributed by atoms with Crippen LogP contribution in [0.5, 0.6) is 5.75 Å². The van der Waals surface area contributed by atoms with Crippen molar-refractivity contribution in [3.05, 3.63) is 29.8 Å². The standard InChI is InChI=1S/C7H5F3O.C6H15P/c8-7(9,10)5-1-3-6(11)4-2-5;1-2-3-4-5-6-7/h1-4,11H;2-7H2,1H3. The third kappa shape index (κ3) is 8.35. The minimum absolute atomic E-state index is 0.169. The first-order valence-electron chi connectivity index (χ1n) is 5.98. The predicted molar refractivity (Wildman–Crippen MR) is 71.8 cm³/mol. The van der Waals surface area contributed by atoms with Crippen molar-refractivity contribution < 1.29 is 18.3 Å². The summed E-state index contributed by atoms with van der Waals surface area (Å²) in [4.78, 5) is 0. The van der Waals surface area contributed by atoms with E-state index < -0.39 is 11.7 Å². The van der Waals surface area contributed by atoms with E-state index >= 15 is 0 Å². The first-order chi connectivity index (χ1) is 8.41. The molecule has 0 radical (unpaired) electrons. The Morgan fingerprint density at radius 1 is 1.06 bits per heavy atom. The third-order valence-corrected chi connectivity index (χ3v) is 2.66. The number of rotatable bonds is 4. The largest absolute Gasteiger partial charge is 0.508 e. The van der Waals surface area contributed by atoms with Gasteiger partial charge in [-0.3, -0.25) is 0 Å². The monoisotopic (exact) mass is 280 g/mol. The highest BCUT2D eigenvalue weighted by Gasteiger charge is 2.29. The molecule has 0 heterocycles. The summed E-state index contributed by atoms with van der Waals surface area (Å²) in [6, 6.07) is 3.66. The highest BCUT2D eigenvalue weighted by atomic mass is 31.0. The average molecular weight is 280 g/mol. The Morgan fingerprint density at radius 2 is 1.61 bits per heavy atom. The second kappa shape index (κ2) is 9.21. The molecule has 0 aromatic heterocycles. The molecule has 0 fully saturated rings. The summed E-state index contributed by atoms with van der Waals surface area (Å²) in [5, 5.41) is 8.66. The lowest BCUT2D eigenvalue weighted by Crippen LogP contribution is -2.03. The Kier molecular flexibility index (Phi) is 8.82. The molecule has 0 saturated heterocycles. The molecule has 1 N–H and O–H groups in total. The smallest absolute Gasteiger partial charge is 0.416 e. The van der Waals surface area contributed by atoms with Crippen LogP contribution in [-0.2, 0) is 6.18 Å². The summed E-state index contributed by atoms with van der Waals surface area (Å²) in [6.45, 7) is 2.24. The number of halogens is 3. The minimum Gasteiger partial charge on any atom is -0.508 e. The van der Waals surface area contributed by atoms with Gasteiger partial charge in [-0.05, 0) is 36.8 Å². The summed E-state index contributed by atoms with van der Waals surface area (Å²) in [7, 11) is 2.75. The fourth-order valence-electron chi connectivity index (χ4n) is 1.22. The summed E-state index contributed by atoms with van der Waals surface area (Å²) >= 11 is 0. The van der Waals surface area contributed by atoms with Crippen LogP contribution in [-0.4, -0.2) is 11.3 Å². The van der Waals surface area contributed by atoms with Crippen LogP contribution in [0.25, 0.3) is 0 Å². The third-order valence-electron chi connectivity index (χ3n) is 2.25. The van der Waals surface area contributed by atoms with E-state index in [0.29, 0.717) is 0 Å². The van der Waals surface area contributed by atoms with Crippen LogP contribution in [0.3, 0.4) is 0 Å². The summed E-state index contributed by atoms with van der Waals surface area (Å²) in [5.41, 5.74) is -0.754. The molecule has 0 spiro atoms. The molecular weight excluding hydrogens is 260 g/mol. The van der Waals surface area contributed by atoms with Crippen molar-refractivity contribution in [1.82, 2.24) is 0 Å². The van der Waals surface area contributed by atoms with Crippen LogP contribution in [0.2, 0.25) is 0 Å². The Hall–Kier alpha value is -0.760. The lowest BCUT2D eigenvalue weighted by atomic mass is 10.2. The van der Waals surface area contributed by atoms with Crippen molar-refractivity contribution in [3.8, 4) is 5.75 Å². The van der Waals surface area contributed by atoms with Gasteiger partial charge in [0, 0.05) is 0 Å². The number of phenolic OH excluding ortho intramolecular Hbond substituents is 1. The van der Waals surface area contributed by atoms with Crippen molar-refractivity contribution in [3.63, 3.8) is 0 Å². The number of hydrogen-bond acceptors (Lipinski definition) is 1. The van der Waals surface area contributed by atoms with E-state index in [0.717, 1.165) is 24.3 Å². The summed E-state index contributed by atoms with van der Waals surface area (Å²) < 4.78 is 35.5. The average Bonchev–Trinajstić information content (AvgIpc) is 2.30. The van der Waals surface area contributed by atoms with E-state index in [4.69, 9.17) is 5.11 Å². The van der Waals surface area contributed by atoms with Crippen molar-refractivity contribution in [2.45, 2.75) is 38.8 Å². The van der Waals surface area contributed by atoms with Gasteiger partial charge in [-0.25, -0.2) is 0 Å². The molecule has 5 heteroatoms. The van der Waals surface area contributed by atoms with Crippen LogP contribution < -0.4 is 0 Å². The van der Waals surface area contributed by atoms with Gasteiger partial charge >= 0.3 is 6.18 Å². The molecule has 0 aliphatic carbocycles. The molecule has 1 aromatic rings. The molecule has 1 unspecified atom stereocenters. The van der Waals surface area contributed by atoms with Crippen LogP contribution >= 0.6 is 9.24 Å². The van der Waals surface area contributed by atoms with Crippen LogP contribution in [0.4, 0.5) is 13.2 Å². The Balaban J connectivity index is 0.000000360. The molecular formula is C13H20F3OP. The number of aromatic hydroxyl groups is 1. The number of hydrogen-bond donors (Lipinski definition) is 1. The normalized spacial score (nSPS) is 10.7. The van der Waals surface area contributed by atoms with Crippen molar-refractivity contribution in [1.29, 1.82) is 0 Å². The molecule has 104 valence electrons. The minimum atomic E-state index is -4.33. The molecule has 0 saturated carbocycles. The highest BCUT2D eigenvalue weighted by Crippen LogP contribution is 2.29. The molecule has 1 rings (SSSR count). The summed E-state index contributed by atoms with van der Waals surface area (Å²) in [5.74, 6) is -0.169. The molecule has 1 aromatic carbocycles. The van der Waals surface area contributed by atoms with Crippen molar-refractivity contribution in [2.24, 2.45) is 0 Å². The van der Waals surface area contributed by atoms with E-state index in [9.17, 15) is 13.2 Å². The zero-order valence-electron chi connectivity index (χ0n) is 10.5. The lowest BCUT2D eigenvalue weighted by molar-refractivity contribution is -0.137. The molecule has 1 nitrogen and oxygen atoms in total. The Morgan fingerprint density at radius 3 is 2.00 bits per heavy atom. The zero-order valence-corrected chi connectivity index (χ0v) is 11.7. The molecule has 0 amide bonds. The number of benzene rings is 1. The second-order valence-electron chi connectivity index (χ2n) is 3.89. The van der Waals surface area contributed by atoms with Gasteiger partial charge in [0.1, 0.15) is 5.75 Å². The van der Waals surface area contributed by atoms with Gasteiger partial charge in [0.15, 0.2) is 0 Å².